The van der Waals surface area contributed by atoms with Crippen LogP contribution in [0, 0.1) is 40.9 Å². The number of nitrogens with zero attached hydrogens (tertiary/aromatic N) is 2. The highest BCUT2D eigenvalue weighted by atomic mass is 16.6. The Balaban J connectivity index is 1.10. The molecule has 0 radical (unpaired) electrons. The van der Waals surface area contributed by atoms with Crippen molar-refractivity contribution >= 4 is 11.8 Å². The van der Waals surface area contributed by atoms with Crippen molar-refractivity contribution < 1.29 is 19.5 Å². The van der Waals surface area contributed by atoms with Crippen molar-refractivity contribution in [2.24, 2.45) is 46.1 Å². The molecule has 3 saturated carbocycles. The van der Waals surface area contributed by atoms with Gasteiger partial charge in [-0.05, 0) is 112 Å². The van der Waals surface area contributed by atoms with E-state index < -0.39 is 0 Å². The van der Waals surface area contributed by atoms with Gasteiger partial charge in [-0.15, -0.1) is 0 Å². The van der Waals surface area contributed by atoms with Crippen LogP contribution in [0.5, 0.6) is 0 Å². The maximum Gasteiger partial charge on any atom is 0.410 e. The molecule has 2 heterocycles. The number of likely N-dealkylation sites (tertiary alicyclic amines) is 1. The smallest absolute Gasteiger partial charge is 0.410 e. The first-order valence-electron chi connectivity index (χ1n) is 16.8. The minimum atomic E-state index is -0.202. The van der Waals surface area contributed by atoms with Crippen molar-refractivity contribution in [3.8, 4) is 0 Å². The SMILES string of the molecule is CC1=C2C[C@H]3C(CC[C@@H]4C/C(=N/O)CC[C@@]43C)[C@@H]2CCC2(C1)O[C@@H]1C[C@H](C)CN(C(=O)OCc3ccccc3)[C@H]1[C@H]2C. The normalized spacial score (nSPS) is 43.9. The summed E-state index contributed by atoms with van der Waals surface area (Å²) in [6.07, 6.45) is 11.1. The maximum atomic E-state index is 13.5. The van der Waals surface area contributed by atoms with Gasteiger partial charge >= 0.3 is 6.09 Å². The van der Waals surface area contributed by atoms with Crippen LogP contribution in [0.15, 0.2) is 46.6 Å². The third-order valence-corrected chi connectivity index (χ3v) is 13.2. The number of carbonyl (C=O) groups is 1. The fraction of sp³-hybridized carbons (Fsp3) is 0.722. The molecule has 1 aromatic carbocycles. The van der Waals surface area contributed by atoms with Gasteiger partial charge in [0.2, 0.25) is 0 Å². The zero-order valence-electron chi connectivity index (χ0n) is 26.1. The number of ether oxygens (including phenoxy) is 2. The highest BCUT2D eigenvalue weighted by molar-refractivity contribution is 5.85. The lowest BCUT2D eigenvalue weighted by Gasteiger charge is -2.52. The van der Waals surface area contributed by atoms with E-state index in [-0.39, 0.29) is 29.8 Å². The van der Waals surface area contributed by atoms with Gasteiger partial charge in [-0.1, -0.05) is 67.4 Å². The zero-order valence-corrected chi connectivity index (χ0v) is 26.1. The molecule has 4 aliphatic carbocycles. The van der Waals surface area contributed by atoms with Gasteiger partial charge in [-0.25, -0.2) is 4.79 Å². The summed E-state index contributed by atoms with van der Waals surface area (Å²) in [5.41, 5.74) is 5.50. The minimum Gasteiger partial charge on any atom is -0.445 e. The number of hydrogen-bond acceptors (Lipinski definition) is 5. The van der Waals surface area contributed by atoms with Crippen LogP contribution < -0.4 is 0 Å². The number of oxime groups is 1. The monoisotopic (exact) mass is 574 g/mol. The molecule has 2 saturated heterocycles. The lowest BCUT2D eigenvalue weighted by atomic mass is 9.52. The molecular formula is C36H50N2O4. The molecule has 0 aromatic heterocycles. The van der Waals surface area contributed by atoms with E-state index in [0.29, 0.717) is 29.8 Å². The van der Waals surface area contributed by atoms with Crippen molar-refractivity contribution in [2.75, 3.05) is 6.54 Å². The molecular weight excluding hydrogens is 524 g/mol. The Morgan fingerprint density at radius 3 is 2.74 bits per heavy atom. The van der Waals surface area contributed by atoms with E-state index >= 15 is 0 Å². The second kappa shape index (κ2) is 10.7. The van der Waals surface area contributed by atoms with Crippen LogP contribution in [-0.4, -0.2) is 46.2 Å². The topological polar surface area (TPSA) is 71.4 Å². The molecule has 1 amide bonds. The molecule has 6 heteroatoms. The number of allylic oxidation sites excluding steroid dienone is 1. The predicted molar refractivity (Wildman–Crippen MR) is 163 cm³/mol. The first-order chi connectivity index (χ1) is 20.2. The average Bonchev–Trinajstić information content (AvgIpc) is 3.45. The van der Waals surface area contributed by atoms with Gasteiger partial charge in [0.15, 0.2) is 0 Å². The Labute approximate surface area is 251 Å². The second-order valence-electron chi connectivity index (χ2n) is 15.3. The number of amides is 1. The van der Waals surface area contributed by atoms with E-state index in [4.69, 9.17) is 9.47 Å². The molecule has 7 rings (SSSR count). The maximum absolute atomic E-state index is 13.5. The van der Waals surface area contributed by atoms with Crippen molar-refractivity contribution in [3.05, 3.63) is 47.0 Å². The van der Waals surface area contributed by atoms with E-state index in [1.807, 2.05) is 35.2 Å². The number of benzene rings is 1. The number of hydrogen-bond donors (Lipinski definition) is 1. The molecule has 1 N–H and O–H groups in total. The molecule has 0 bridgehead atoms. The molecule has 2 aliphatic heterocycles. The predicted octanol–water partition coefficient (Wildman–Crippen LogP) is 7.99. The number of fused-ring (bicyclic) bond motifs is 6. The summed E-state index contributed by atoms with van der Waals surface area (Å²) in [6.45, 7) is 10.6. The van der Waals surface area contributed by atoms with E-state index in [0.717, 1.165) is 61.8 Å². The largest absolute Gasteiger partial charge is 0.445 e. The molecule has 10 atom stereocenters. The summed E-state index contributed by atoms with van der Waals surface area (Å²) >= 11 is 0. The van der Waals surface area contributed by atoms with Crippen LogP contribution in [0.1, 0.15) is 97.5 Å². The van der Waals surface area contributed by atoms with Crippen LogP contribution in [0.25, 0.3) is 0 Å². The average molecular weight is 575 g/mol. The quantitative estimate of drug-likeness (QED) is 0.221. The third kappa shape index (κ3) is 4.53. The summed E-state index contributed by atoms with van der Waals surface area (Å²) in [7, 11) is 0. The van der Waals surface area contributed by atoms with Gasteiger partial charge in [0, 0.05) is 12.5 Å². The summed E-state index contributed by atoms with van der Waals surface area (Å²) in [4.78, 5) is 15.6. The van der Waals surface area contributed by atoms with Gasteiger partial charge in [0.1, 0.15) is 6.61 Å². The number of rotatable bonds is 2. The lowest BCUT2D eigenvalue weighted by molar-refractivity contribution is -0.0794. The van der Waals surface area contributed by atoms with Crippen LogP contribution in [-0.2, 0) is 16.1 Å². The molecule has 6 nitrogen and oxygen atoms in total. The fourth-order valence-electron chi connectivity index (χ4n) is 11.0. The highest BCUT2D eigenvalue weighted by Gasteiger charge is 2.60. The first-order valence-corrected chi connectivity index (χ1v) is 16.8. The molecule has 1 aromatic rings. The van der Waals surface area contributed by atoms with E-state index in [1.165, 1.54) is 32.1 Å². The molecule has 6 aliphatic rings. The van der Waals surface area contributed by atoms with E-state index in [9.17, 15) is 10.0 Å². The van der Waals surface area contributed by atoms with E-state index in [1.54, 1.807) is 11.1 Å². The summed E-state index contributed by atoms with van der Waals surface area (Å²) in [5, 5.41) is 13.1. The van der Waals surface area contributed by atoms with E-state index in [2.05, 4.69) is 32.9 Å². The van der Waals surface area contributed by atoms with Gasteiger partial charge in [0.05, 0.1) is 23.5 Å². The van der Waals surface area contributed by atoms with Crippen LogP contribution >= 0.6 is 0 Å². The van der Waals surface area contributed by atoms with Gasteiger partial charge in [-0.3, -0.25) is 0 Å². The summed E-state index contributed by atoms with van der Waals surface area (Å²) in [6, 6.07) is 10.1. The highest BCUT2D eigenvalue weighted by Crippen LogP contribution is 2.65. The van der Waals surface area contributed by atoms with Gasteiger partial charge < -0.3 is 19.6 Å². The van der Waals surface area contributed by atoms with Crippen molar-refractivity contribution in [3.63, 3.8) is 0 Å². The van der Waals surface area contributed by atoms with Crippen molar-refractivity contribution in [2.45, 2.75) is 116 Å². The van der Waals surface area contributed by atoms with Crippen LogP contribution in [0.3, 0.4) is 0 Å². The van der Waals surface area contributed by atoms with Gasteiger partial charge in [-0.2, -0.15) is 0 Å². The first kappa shape index (κ1) is 28.4. The fourth-order valence-corrected chi connectivity index (χ4v) is 11.0. The number of carbonyl (C=O) groups excluding carboxylic acids is 1. The Hall–Kier alpha value is -2.34. The Morgan fingerprint density at radius 1 is 1.14 bits per heavy atom. The summed E-state index contributed by atoms with van der Waals surface area (Å²) in [5.74, 6) is 3.51. The molecule has 42 heavy (non-hydrogen) atoms. The van der Waals surface area contributed by atoms with Crippen molar-refractivity contribution in [1.82, 2.24) is 4.90 Å². The Bertz CT molecular complexity index is 1260. The Morgan fingerprint density at radius 2 is 1.95 bits per heavy atom. The number of piperidine rings is 1. The molecule has 228 valence electrons. The zero-order chi connectivity index (χ0) is 29.2. The Kier molecular flexibility index (Phi) is 7.23. The van der Waals surface area contributed by atoms with Crippen LogP contribution in [0.4, 0.5) is 4.79 Å². The van der Waals surface area contributed by atoms with Crippen molar-refractivity contribution in [1.29, 1.82) is 0 Å². The summed E-state index contributed by atoms with van der Waals surface area (Å²) < 4.78 is 13.1. The lowest BCUT2D eigenvalue weighted by Crippen LogP contribution is -2.54. The molecule has 1 spiro atoms. The standard InChI is InChI=1S/C36H50N2O4/c1-22-16-32-33(38(20-22)34(39)41-21-25-8-6-5-7-9-25)24(3)36(42-32)15-13-28-29-11-10-26-17-27(37-40)12-14-35(26,4)31(29)18-30(28)23(2)19-36/h5-9,22,24,26,28-29,31-33,40H,10-21H2,1-4H3/b37-27+/t22-,24+,26+,28-,29?,31-,32+,33-,35-,36?/m0/s1. The third-order valence-electron chi connectivity index (χ3n) is 13.2. The second-order valence-corrected chi connectivity index (χ2v) is 15.3. The molecule has 5 fully saturated rings. The van der Waals surface area contributed by atoms with Gasteiger partial charge in [0.25, 0.3) is 0 Å². The molecule has 2 unspecified atom stereocenters. The van der Waals surface area contributed by atoms with Crippen LogP contribution in [0.2, 0.25) is 0 Å². The minimum absolute atomic E-state index is 0.0759.